The molecular weight excluding hydrogens is 175 g/mol. The minimum Gasteiger partial charge on any atom is -0.380 e. The Bertz CT molecular complexity index is 352. The van der Waals surface area contributed by atoms with Crippen LogP contribution in [0.2, 0.25) is 0 Å². The number of benzene rings is 1. The fourth-order valence-electron chi connectivity index (χ4n) is 1.06. The molecule has 0 aliphatic rings. The second kappa shape index (κ2) is 3.38. The highest BCUT2D eigenvalue weighted by Crippen LogP contribution is 2.28. The first-order valence-corrected chi connectivity index (χ1v) is 3.69. The van der Waals surface area contributed by atoms with Crippen LogP contribution >= 0.6 is 0 Å². The maximum absolute atomic E-state index is 13.3. The van der Waals surface area contributed by atoms with E-state index in [-0.39, 0.29) is 11.4 Å². The average Bonchev–Trinajstić information content (AvgIpc) is 2.09. The van der Waals surface area contributed by atoms with Gasteiger partial charge in [0.2, 0.25) is 0 Å². The van der Waals surface area contributed by atoms with Crippen molar-refractivity contribution in [1.29, 1.82) is 0 Å². The fourth-order valence-corrected chi connectivity index (χ4v) is 1.06. The molecule has 0 spiro atoms. The van der Waals surface area contributed by atoms with E-state index in [1.165, 1.54) is 19.2 Å². The van der Waals surface area contributed by atoms with Crippen molar-refractivity contribution in [3.05, 3.63) is 33.6 Å². The van der Waals surface area contributed by atoms with Gasteiger partial charge in [-0.3, -0.25) is 10.1 Å². The van der Waals surface area contributed by atoms with Gasteiger partial charge in [0.15, 0.2) is 5.82 Å². The standard InChI is InChI=1S/C8H9FN2O2/c1-5-3-4-6(11(12)13)8(10-2)7(5)9/h3-4,10H,1-2H3. The number of halogens is 1. The van der Waals surface area contributed by atoms with Gasteiger partial charge in [0.05, 0.1) is 4.92 Å². The molecule has 0 bridgehead atoms. The number of hydrogen-bond donors (Lipinski definition) is 1. The minimum atomic E-state index is -0.617. The van der Waals surface area contributed by atoms with E-state index in [9.17, 15) is 14.5 Å². The number of nitro groups is 1. The number of aryl methyl sites for hydroxylation is 1. The summed E-state index contributed by atoms with van der Waals surface area (Å²) in [5.41, 5.74) is 0.0746. The van der Waals surface area contributed by atoms with Gasteiger partial charge in [-0.25, -0.2) is 4.39 Å². The Morgan fingerprint density at radius 3 is 2.62 bits per heavy atom. The zero-order chi connectivity index (χ0) is 10.0. The van der Waals surface area contributed by atoms with Crippen LogP contribution in [0.5, 0.6) is 0 Å². The van der Waals surface area contributed by atoms with Gasteiger partial charge < -0.3 is 5.32 Å². The van der Waals surface area contributed by atoms with Crippen LogP contribution in [0.25, 0.3) is 0 Å². The predicted octanol–water partition coefficient (Wildman–Crippen LogP) is 2.08. The lowest BCUT2D eigenvalue weighted by Crippen LogP contribution is -2.00. The molecular formula is C8H9FN2O2. The molecule has 0 aromatic heterocycles. The van der Waals surface area contributed by atoms with Crippen molar-refractivity contribution in [2.75, 3.05) is 12.4 Å². The molecule has 0 aliphatic heterocycles. The number of hydrogen-bond acceptors (Lipinski definition) is 3. The zero-order valence-corrected chi connectivity index (χ0v) is 7.30. The van der Waals surface area contributed by atoms with Gasteiger partial charge in [-0.05, 0) is 18.6 Å². The van der Waals surface area contributed by atoms with Crippen LogP contribution in [0.1, 0.15) is 5.56 Å². The highest BCUT2D eigenvalue weighted by molar-refractivity contribution is 5.63. The number of anilines is 1. The van der Waals surface area contributed by atoms with Crippen molar-refractivity contribution in [2.24, 2.45) is 0 Å². The molecule has 0 atom stereocenters. The summed E-state index contributed by atoms with van der Waals surface area (Å²) in [4.78, 5) is 9.83. The van der Waals surface area contributed by atoms with Crippen LogP contribution < -0.4 is 5.32 Å². The Balaban J connectivity index is 3.38. The van der Waals surface area contributed by atoms with Crippen LogP contribution in [0.3, 0.4) is 0 Å². The molecule has 0 fully saturated rings. The second-order valence-electron chi connectivity index (χ2n) is 2.60. The van der Waals surface area contributed by atoms with Gasteiger partial charge in [-0.1, -0.05) is 0 Å². The first kappa shape index (κ1) is 9.44. The SMILES string of the molecule is CNc1c([N+](=O)[O-])ccc(C)c1F. The van der Waals surface area contributed by atoms with E-state index in [2.05, 4.69) is 5.32 Å². The van der Waals surface area contributed by atoms with E-state index in [0.717, 1.165) is 0 Å². The summed E-state index contributed by atoms with van der Waals surface area (Å²) in [5.74, 6) is -0.572. The number of nitrogens with zero attached hydrogens (tertiary/aromatic N) is 1. The van der Waals surface area contributed by atoms with Crippen molar-refractivity contribution < 1.29 is 9.31 Å². The molecule has 13 heavy (non-hydrogen) atoms. The average molecular weight is 184 g/mol. The first-order valence-electron chi connectivity index (χ1n) is 3.69. The van der Waals surface area contributed by atoms with E-state index < -0.39 is 10.7 Å². The van der Waals surface area contributed by atoms with Gasteiger partial charge in [-0.15, -0.1) is 0 Å². The summed E-state index contributed by atoms with van der Waals surface area (Å²) in [6, 6.07) is 2.67. The molecule has 4 nitrogen and oxygen atoms in total. The number of rotatable bonds is 2. The van der Waals surface area contributed by atoms with Crippen molar-refractivity contribution in [3.8, 4) is 0 Å². The lowest BCUT2D eigenvalue weighted by Gasteiger charge is -2.04. The summed E-state index contributed by atoms with van der Waals surface area (Å²) in [6.07, 6.45) is 0. The van der Waals surface area contributed by atoms with E-state index in [0.29, 0.717) is 5.56 Å². The van der Waals surface area contributed by atoms with Crippen LogP contribution in [-0.4, -0.2) is 12.0 Å². The summed E-state index contributed by atoms with van der Waals surface area (Å²) in [7, 11) is 1.45. The van der Waals surface area contributed by atoms with Crippen molar-refractivity contribution >= 4 is 11.4 Å². The third-order valence-electron chi connectivity index (χ3n) is 1.76. The van der Waals surface area contributed by atoms with Gasteiger partial charge >= 0.3 is 0 Å². The molecule has 70 valence electrons. The maximum Gasteiger partial charge on any atom is 0.295 e. The third-order valence-corrected chi connectivity index (χ3v) is 1.76. The lowest BCUT2D eigenvalue weighted by molar-refractivity contribution is -0.384. The molecule has 0 unspecified atom stereocenters. The van der Waals surface area contributed by atoms with E-state index in [1.807, 2.05) is 0 Å². The molecule has 1 rings (SSSR count). The van der Waals surface area contributed by atoms with Gasteiger partial charge in [0.1, 0.15) is 5.69 Å². The fraction of sp³-hybridized carbons (Fsp3) is 0.250. The quantitative estimate of drug-likeness (QED) is 0.565. The molecule has 1 N–H and O–H groups in total. The van der Waals surface area contributed by atoms with Gasteiger partial charge in [0.25, 0.3) is 5.69 Å². The molecule has 1 aromatic rings. The van der Waals surface area contributed by atoms with E-state index in [1.54, 1.807) is 6.92 Å². The normalized spacial score (nSPS) is 9.77. The Kier molecular flexibility index (Phi) is 2.46. The zero-order valence-electron chi connectivity index (χ0n) is 7.30. The largest absolute Gasteiger partial charge is 0.380 e. The molecule has 1 aromatic carbocycles. The van der Waals surface area contributed by atoms with Crippen LogP contribution in [0.4, 0.5) is 15.8 Å². The Morgan fingerprint density at radius 1 is 1.54 bits per heavy atom. The van der Waals surface area contributed by atoms with Crippen molar-refractivity contribution in [3.63, 3.8) is 0 Å². The number of nitrogens with one attached hydrogen (secondary N) is 1. The third kappa shape index (κ3) is 1.58. The van der Waals surface area contributed by atoms with Crippen LogP contribution in [0, 0.1) is 22.9 Å². The number of nitro benzene ring substituents is 1. The van der Waals surface area contributed by atoms with Crippen molar-refractivity contribution in [1.82, 2.24) is 0 Å². The molecule has 0 saturated heterocycles. The molecule has 5 heteroatoms. The van der Waals surface area contributed by atoms with E-state index >= 15 is 0 Å². The Labute approximate surface area is 74.5 Å². The minimum absolute atomic E-state index is 0.0648. The lowest BCUT2D eigenvalue weighted by atomic mass is 10.2. The molecule has 0 heterocycles. The summed E-state index contributed by atoms with van der Waals surface area (Å²) >= 11 is 0. The van der Waals surface area contributed by atoms with Crippen LogP contribution in [-0.2, 0) is 0 Å². The van der Waals surface area contributed by atoms with E-state index in [4.69, 9.17) is 0 Å². The highest BCUT2D eigenvalue weighted by atomic mass is 19.1. The topological polar surface area (TPSA) is 55.2 Å². The molecule has 0 radical (unpaired) electrons. The summed E-state index contributed by atoms with van der Waals surface area (Å²) in [5, 5.41) is 12.9. The summed E-state index contributed by atoms with van der Waals surface area (Å²) in [6.45, 7) is 1.56. The monoisotopic (exact) mass is 184 g/mol. The smallest absolute Gasteiger partial charge is 0.295 e. The molecule has 0 saturated carbocycles. The van der Waals surface area contributed by atoms with Crippen LogP contribution in [0.15, 0.2) is 12.1 Å². The highest BCUT2D eigenvalue weighted by Gasteiger charge is 2.17. The first-order chi connectivity index (χ1) is 6.07. The Morgan fingerprint density at radius 2 is 2.15 bits per heavy atom. The second-order valence-corrected chi connectivity index (χ2v) is 2.60. The molecule has 0 amide bonds. The Hall–Kier alpha value is -1.65. The van der Waals surface area contributed by atoms with Gasteiger partial charge in [-0.2, -0.15) is 0 Å². The van der Waals surface area contributed by atoms with Crippen molar-refractivity contribution in [2.45, 2.75) is 6.92 Å². The summed E-state index contributed by atoms with van der Waals surface area (Å²) < 4.78 is 13.3. The van der Waals surface area contributed by atoms with Gasteiger partial charge in [0, 0.05) is 13.1 Å². The maximum atomic E-state index is 13.3. The predicted molar refractivity (Wildman–Crippen MR) is 47.3 cm³/mol. The molecule has 0 aliphatic carbocycles.